The summed E-state index contributed by atoms with van der Waals surface area (Å²) in [4.78, 5) is 7.40. The summed E-state index contributed by atoms with van der Waals surface area (Å²) in [6, 6.07) is 82.0. The van der Waals surface area contributed by atoms with Crippen LogP contribution in [-0.4, -0.2) is 4.98 Å². The van der Waals surface area contributed by atoms with Gasteiger partial charge in [0, 0.05) is 27.9 Å². The molecule has 11 rings (SSSR count). The molecule has 0 saturated carbocycles. The second-order valence-electron chi connectivity index (χ2n) is 15.1. The maximum Gasteiger partial charge on any atom is 0.227 e. The highest BCUT2D eigenvalue weighted by molar-refractivity contribution is 6.11. The van der Waals surface area contributed by atoms with Crippen LogP contribution in [0.15, 0.2) is 235 Å². The molecule has 0 bridgehead atoms. The maximum absolute atomic E-state index is 6.48. The van der Waals surface area contributed by atoms with Crippen LogP contribution in [0, 0.1) is 0 Å². The fourth-order valence-corrected chi connectivity index (χ4v) is 8.64. The minimum Gasteiger partial charge on any atom is -0.436 e. The number of oxazole rings is 1. The molecule has 1 aromatic heterocycles. The molecule has 0 unspecified atom stereocenters. The monoisotopic (exact) mass is 766 g/mol. The maximum atomic E-state index is 6.48. The Labute approximate surface area is 349 Å². The topological polar surface area (TPSA) is 29.3 Å². The van der Waals surface area contributed by atoms with Gasteiger partial charge in [-0.1, -0.05) is 176 Å². The summed E-state index contributed by atoms with van der Waals surface area (Å²) in [6.45, 7) is 0. The molecule has 282 valence electrons. The number of anilines is 3. The van der Waals surface area contributed by atoms with Crippen LogP contribution >= 0.6 is 0 Å². The molecule has 0 spiro atoms. The molecule has 0 aliphatic carbocycles. The van der Waals surface area contributed by atoms with E-state index >= 15 is 0 Å². The molecule has 1 heterocycles. The van der Waals surface area contributed by atoms with E-state index in [9.17, 15) is 0 Å². The standard InChI is InChI=1S/C57H38N2O/c1-3-17-39(18-4-1)42-23-14-27-46(36-42)59(47-28-15-26-45(37-47)49-33-16-22-40-19-7-8-29-48(40)49)54-34-12-11-30-50(54)43-24-13-25-44(35-43)53-38-55-56(52-32-10-9-31-51(52)53)58-57(60-55)41-20-5-2-6-21-41/h1-38H. The number of hydrogen-bond donors (Lipinski definition) is 0. The molecule has 3 nitrogen and oxygen atoms in total. The molecule has 0 aliphatic rings. The van der Waals surface area contributed by atoms with Crippen molar-refractivity contribution < 1.29 is 4.42 Å². The molecule has 0 radical (unpaired) electrons. The number of benzene rings is 10. The fourth-order valence-electron chi connectivity index (χ4n) is 8.64. The Balaban J connectivity index is 1.08. The van der Waals surface area contributed by atoms with Crippen LogP contribution in [0.5, 0.6) is 0 Å². The quantitative estimate of drug-likeness (QED) is 0.154. The lowest BCUT2D eigenvalue weighted by Gasteiger charge is -2.29. The molecular formula is C57H38N2O. The Morgan fingerprint density at radius 2 is 0.850 bits per heavy atom. The minimum atomic E-state index is 0.622. The van der Waals surface area contributed by atoms with Gasteiger partial charge in [0.05, 0.1) is 5.69 Å². The van der Waals surface area contributed by atoms with E-state index in [-0.39, 0.29) is 0 Å². The summed E-state index contributed by atoms with van der Waals surface area (Å²) in [5.74, 6) is 0.622. The molecule has 0 saturated heterocycles. The van der Waals surface area contributed by atoms with E-state index in [1.807, 2.05) is 30.3 Å². The van der Waals surface area contributed by atoms with Crippen LogP contribution in [0.4, 0.5) is 17.1 Å². The Hall–Kier alpha value is -8.01. The molecule has 0 fully saturated rings. The average Bonchev–Trinajstić information content (AvgIpc) is 3.77. The summed E-state index contributed by atoms with van der Waals surface area (Å²) in [5, 5.41) is 4.66. The summed E-state index contributed by atoms with van der Waals surface area (Å²) in [5.41, 5.74) is 15.0. The zero-order valence-corrected chi connectivity index (χ0v) is 32.7. The van der Waals surface area contributed by atoms with E-state index in [1.165, 1.54) is 21.9 Å². The first kappa shape index (κ1) is 35.2. The number of para-hydroxylation sites is 1. The highest BCUT2D eigenvalue weighted by atomic mass is 16.3. The van der Waals surface area contributed by atoms with Crippen molar-refractivity contribution in [3.8, 4) is 56.0 Å². The normalized spacial score (nSPS) is 11.3. The van der Waals surface area contributed by atoms with Gasteiger partial charge in [-0.3, -0.25) is 0 Å². The first-order valence-electron chi connectivity index (χ1n) is 20.4. The summed E-state index contributed by atoms with van der Waals surface area (Å²) >= 11 is 0. The highest BCUT2D eigenvalue weighted by Crippen LogP contribution is 2.45. The zero-order chi connectivity index (χ0) is 39.8. The van der Waals surface area contributed by atoms with Crippen LogP contribution in [-0.2, 0) is 0 Å². The summed E-state index contributed by atoms with van der Waals surface area (Å²) in [6.07, 6.45) is 0. The van der Waals surface area contributed by atoms with Crippen LogP contribution in [0.2, 0.25) is 0 Å². The molecule has 0 N–H and O–H groups in total. The van der Waals surface area contributed by atoms with Crippen molar-refractivity contribution >= 4 is 49.7 Å². The second kappa shape index (κ2) is 15.1. The van der Waals surface area contributed by atoms with Gasteiger partial charge in [-0.2, -0.15) is 0 Å². The van der Waals surface area contributed by atoms with Crippen molar-refractivity contribution in [2.45, 2.75) is 0 Å². The number of aromatic nitrogens is 1. The van der Waals surface area contributed by atoms with E-state index in [2.05, 4.69) is 205 Å². The van der Waals surface area contributed by atoms with E-state index in [1.54, 1.807) is 0 Å². The molecule has 0 atom stereocenters. The number of rotatable bonds is 8. The van der Waals surface area contributed by atoms with Crippen molar-refractivity contribution in [2.75, 3.05) is 4.90 Å². The Bertz CT molecular complexity index is 3330. The first-order chi connectivity index (χ1) is 29.7. The minimum absolute atomic E-state index is 0.622. The molecule has 11 aromatic rings. The van der Waals surface area contributed by atoms with Crippen LogP contribution in [0.25, 0.3) is 88.6 Å². The van der Waals surface area contributed by atoms with E-state index in [4.69, 9.17) is 9.40 Å². The van der Waals surface area contributed by atoms with Gasteiger partial charge >= 0.3 is 0 Å². The zero-order valence-electron chi connectivity index (χ0n) is 32.7. The van der Waals surface area contributed by atoms with E-state index < -0.39 is 0 Å². The van der Waals surface area contributed by atoms with Crippen LogP contribution in [0.3, 0.4) is 0 Å². The van der Waals surface area contributed by atoms with Crippen LogP contribution < -0.4 is 4.90 Å². The third kappa shape index (κ3) is 6.39. The van der Waals surface area contributed by atoms with E-state index in [0.29, 0.717) is 5.89 Å². The van der Waals surface area contributed by atoms with Crippen molar-refractivity contribution in [3.05, 3.63) is 231 Å². The lowest BCUT2D eigenvalue weighted by atomic mass is 9.93. The van der Waals surface area contributed by atoms with Crippen molar-refractivity contribution in [1.82, 2.24) is 4.98 Å². The highest BCUT2D eigenvalue weighted by Gasteiger charge is 2.20. The number of hydrogen-bond acceptors (Lipinski definition) is 3. The Morgan fingerprint density at radius 3 is 1.63 bits per heavy atom. The van der Waals surface area contributed by atoms with Gasteiger partial charge in [0.1, 0.15) is 5.52 Å². The van der Waals surface area contributed by atoms with Gasteiger partial charge in [0.15, 0.2) is 5.58 Å². The summed E-state index contributed by atoms with van der Waals surface area (Å²) in [7, 11) is 0. The number of nitrogens with zero attached hydrogens (tertiary/aromatic N) is 2. The van der Waals surface area contributed by atoms with Crippen molar-refractivity contribution in [2.24, 2.45) is 0 Å². The summed E-state index contributed by atoms with van der Waals surface area (Å²) < 4.78 is 6.48. The predicted molar refractivity (Wildman–Crippen MR) is 251 cm³/mol. The third-order valence-corrected chi connectivity index (χ3v) is 11.5. The first-order valence-corrected chi connectivity index (χ1v) is 20.4. The predicted octanol–water partition coefficient (Wildman–Crippen LogP) is 15.9. The van der Waals surface area contributed by atoms with Crippen molar-refractivity contribution in [3.63, 3.8) is 0 Å². The Morgan fingerprint density at radius 1 is 0.333 bits per heavy atom. The molecule has 0 aliphatic heterocycles. The molecule has 3 heteroatoms. The van der Waals surface area contributed by atoms with Gasteiger partial charge in [0.2, 0.25) is 5.89 Å². The van der Waals surface area contributed by atoms with E-state index in [0.717, 1.165) is 77.9 Å². The van der Waals surface area contributed by atoms with Gasteiger partial charge in [0.25, 0.3) is 0 Å². The third-order valence-electron chi connectivity index (χ3n) is 11.5. The number of fused-ring (bicyclic) bond motifs is 4. The lowest BCUT2D eigenvalue weighted by molar-refractivity contribution is 0.620. The van der Waals surface area contributed by atoms with Gasteiger partial charge < -0.3 is 9.32 Å². The lowest BCUT2D eigenvalue weighted by Crippen LogP contribution is -2.11. The smallest absolute Gasteiger partial charge is 0.227 e. The second-order valence-corrected chi connectivity index (χ2v) is 15.1. The molecule has 60 heavy (non-hydrogen) atoms. The van der Waals surface area contributed by atoms with Gasteiger partial charge in [-0.15, -0.1) is 0 Å². The largest absolute Gasteiger partial charge is 0.436 e. The van der Waals surface area contributed by atoms with Gasteiger partial charge in [-0.25, -0.2) is 4.98 Å². The van der Waals surface area contributed by atoms with Gasteiger partial charge in [-0.05, 0) is 110 Å². The molecular weight excluding hydrogens is 729 g/mol. The Kier molecular flexibility index (Phi) is 8.83. The SMILES string of the molecule is c1ccc(-c2cccc(N(c3cccc(-c4cccc5ccccc45)c3)c3ccccc3-c3cccc(-c4cc5oc(-c6ccccc6)nc5c5ccccc45)c3)c2)cc1. The fraction of sp³-hybridized carbons (Fsp3) is 0. The molecule has 0 amide bonds. The molecule has 10 aromatic carbocycles. The van der Waals surface area contributed by atoms with Crippen molar-refractivity contribution in [1.29, 1.82) is 0 Å². The van der Waals surface area contributed by atoms with Crippen LogP contribution in [0.1, 0.15) is 0 Å². The average molecular weight is 767 g/mol.